The van der Waals surface area contributed by atoms with Gasteiger partial charge in [-0.1, -0.05) is 11.8 Å². The van der Waals surface area contributed by atoms with Gasteiger partial charge in [0.15, 0.2) is 11.0 Å². The molecular weight excluding hydrogens is 294 g/mol. The molecule has 0 aliphatic carbocycles. The molecule has 2 N–H and O–H groups in total. The van der Waals surface area contributed by atoms with Crippen LogP contribution in [0.4, 0.5) is 11.6 Å². The van der Waals surface area contributed by atoms with Crippen molar-refractivity contribution >= 4 is 29.2 Å². The van der Waals surface area contributed by atoms with E-state index >= 15 is 0 Å². The monoisotopic (exact) mass is 303 g/mol. The highest BCUT2D eigenvalue weighted by atomic mass is 32.2. The Hall–Kier alpha value is -2.75. The maximum absolute atomic E-state index is 10.6. The molecule has 0 saturated carbocycles. The Morgan fingerprint density at radius 1 is 1.24 bits per heavy atom. The lowest BCUT2D eigenvalue weighted by molar-refractivity contribution is -0.384. The van der Waals surface area contributed by atoms with E-state index < -0.39 is 4.92 Å². The summed E-state index contributed by atoms with van der Waals surface area (Å²) in [5.74, 6) is 0.898. The van der Waals surface area contributed by atoms with Gasteiger partial charge in [-0.05, 0) is 18.4 Å². The molecule has 0 unspecified atom stereocenters. The number of rotatable bonds is 3. The highest BCUT2D eigenvalue weighted by molar-refractivity contribution is 7.98. The molecule has 0 bridgehead atoms. The summed E-state index contributed by atoms with van der Waals surface area (Å²) in [6.45, 7) is 0. The van der Waals surface area contributed by atoms with Crippen molar-refractivity contribution in [2.24, 2.45) is 0 Å². The molecule has 0 atom stereocenters. The molecule has 3 rings (SSSR count). The van der Waals surface area contributed by atoms with Crippen molar-refractivity contribution in [3.63, 3.8) is 0 Å². The van der Waals surface area contributed by atoms with Crippen LogP contribution in [0.2, 0.25) is 0 Å². The molecule has 2 heterocycles. The van der Waals surface area contributed by atoms with Gasteiger partial charge in [0.2, 0.25) is 5.95 Å². The van der Waals surface area contributed by atoms with Crippen molar-refractivity contribution in [1.29, 1.82) is 0 Å². The number of hydrogen-bond donors (Lipinski definition) is 1. The summed E-state index contributed by atoms with van der Waals surface area (Å²) in [5, 5.41) is 15.3. The Labute approximate surface area is 122 Å². The van der Waals surface area contributed by atoms with Crippen LogP contribution in [0.5, 0.6) is 0 Å². The first-order valence-electron chi connectivity index (χ1n) is 5.77. The third kappa shape index (κ3) is 2.36. The zero-order valence-electron chi connectivity index (χ0n) is 10.8. The van der Waals surface area contributed by atoms with Gasteiger partial charge in [0.25, 0.3) is 11.5 Å². The Kier molecular flexibility index (Phi) is 3.14. The lowest BCUT2D eigenvalue weighted by Crippen LogP contribution is -2.04. The largest absolute Gasteiger partial charge is 0.368 e. The minimum atomic E-state index is -0.463. The number of nitrogens with two attached hydrogens (primary N) is 1. The lowest BCUT2D eigenvalue weighted by Gasteiger charge is -1.97. The van der Waals surface area contributed by atoms with Crippen LogP contribution in [0.15, 0.2) is 29.4 Å². The summed E-state index contributed by atoms with van der Waals surface area (Å²) in [4.78, 5) is 22.7. The standard InChI is InChI=1S/C11H9N7O2S/c1-21-11-14-9(12)17-10(15-11)13-8(16-17)6-2-4-7(5-3-6)18(19)20/h2-5H,1H3,(H2,12,13,14,15,16). The summed E-state index contributed by atoms with van der Waals surface area (Å²) < 4.78 is 1.33. The van der Waals surface area contributed by atoms with E-state index in [-0.39, 0.29) is 11.6 Å². The van der Waals surface area contributed by atoms with E-state index in [1.165, 1.54) is 28.4 Å². The normalized spacial score (nSPS) is 10.9. The van der Waals surface area contributed by atoms with Crippen molar-refractivity contribution < 1.29 is 4.92 Å². The Morgan fingerprint density at radius 3 is 2.57 bits per heavy atom. The number of nitro groups is 1. The molecule has 9 nitrogen and oxygen atoms in total. The van der Waals surface area contributed by atoms with Gasteiger partial charge in [0.05, 0.1) is 4.92 Å². The van der Waals surface area contributed by atoms with Gasteiger partial charge in [-0.15, -0.1) is 5.10 Å². The summed E-state index contributed by atoms with van der Waals surface area (Å²) in [6, 6.07) is 5.94. The van der Waals surface area contributed by atoms with Crippen LogP contribution in [-0.4, -0.2) is 35.7 Å². The van der Waals surface area contributed by atoms with Gasteiger partial charge in [-0.25, -0.2) is 0 Å². The number of fused-ring (bicyclic) bond motifs is 1. The number of hydrogen-bond acceptors (Lipinski definition) is 8. The molecule has 0 aliphatic heterocycles. The van der Waals surface area contributed by atoms with Crippen molar-refractivity contribution in [3.8, 4) is 11.4 Å². The molecule has 0 aliphatic rings. The first-order valence-corrected chi connectivity index (χ1v) is 7.00. The molecule has 106 valence electrons. The van der Waals surface area contributed by atoms with Crippen molar-refractivity contribution in [1.82, 2.24) is 24.6 Å². The maximum atomic E-state index is 10.6. The van der Waals surface area contributed by atoms with Crippen LogP contribution in [-0.2, 0) is 0 Å². The van der Waals surface area contributed by atoms with Crippen LogP contribution in [0.25, 0.3) is 17.2 Å². The van der Waals surface area contributed by atoms with E-state index in [1.807, 2.05) is 6.26 Å². The quantitative estimate of drug-likeness (QED) is 0.437. The minimum Gasteiger partial charge on any atom is -0.368 e. The van der Waals surface area contributed by atoms with Crippen LogP contribution < -0.4 is 5.73 Å². The molecule has 3 aromatic rings. The van der Waals surface area contributed by atoms with Gasteiger partial charge in [0, 0.05) is 17.7 Å². The number of non-ortho nitro benzene ring substituents is 1. The fourth-order valence-electron chi connectivity index (χ4n) is 1.73. The minimum absolute atomic E-state index is 0.00601. The second-order valence-corrected chi connectivity index (χ2v) is 4.79. The molecule has 1 aromatic carbocycles. The molecule has 0 amide bonds. The number of nitro benzene ring substituents is 1. The molecule has 0 saturated heterocycles. The number of anilines is 1. The topological polar surface area (TPSA) is 125 Å². The Balaban J connectivity index is 2.08. The number of thioether (sulfide) groups is 1. The van der Waals surface area contributed by atoms with Gasteiger partial charge in [-0.3, -0.25) is 10.1 Å². The predicted octanol–water partition coefficient (Wildman–Crippen LogP) is 1.40. The van der Waals surface area contributed by atoms with E-state index in [0.717, 1.165) is 0 Å². The lowest BCUT2D eigenvalue weighted by atomic mass is 10.2. The first kappa shape index (κ1) is 13.2. The third-order valence-electron chi connectivity index (χ3n) is 2.73. The van der Waals surface area contributed by atoms with Crippen molar-refractivity contribution in [2.75, 3.05) is 12.0 Å². The SMILES string of the molecule is CSc1nc(N)n2nc(-c3ccc([N+](=O)[O-])cc3)nc2n1. The molecule has 0 fully saturated rings. The van der Waals surface area contributed by atoms with Crippen molar-refractivity contribution in [3.05, 3.63) is 34.4 Å². The zero-order valence-corrected chi connectivity index (χ0v) is 11.6. The second kappa shape index (κ2) is 4.98. The average molecular weight is 303 g/mol. The van der Waals surface area contributed by atoms with Gasteiger partial charge >= 0.3 is 0 Å². The summed E-state index contributed by atoms with van der Waals surface area (Å²) in [7, 11) is 0. The van der Waals surface area contributed by atoms with Gasteiger partial charge in [-0.2, -0.15) is 19.5 Å². The third-order valence-corrected chi connectivity index (χ3v) is 3.28. The fourth-order valence-corrected chi connectivity index (χ4v) is 2.09. The smallest absolute Gasteiger partial charge is 0.269 e. The van der Waals surface area contributed by atoms with Gasteiger partial charge in [0.1, 0.15) is 0 Å². The summed E-state index contributed by atoms with van der Waals surface area (Å²) in [6.07, 6.45) is 1.83. The van der Waals surface area contributed by atoms with Crippen LogP contribution in [0.3, 0.4) is 0 Å². The molecule has 21 heavy (non-hydrogen) atoms. The molecule has 0 spiro atoms. The highest BCUT2D eigenvalue weighted by Gasteiger charge is 2.13. The number of aromatic nitrogens is 5. The number of benzene rings is 1. The van der Waals surface area contributed by atoms with E-state index in [0.29, 0.717) is 22.3 Å². The first-order chi connectivity index (χ1) is 10.1. The highest BCUT2D eigenvalue weighted by Crippen LogP contribution is 2.21. The number of nitrogens with zero attached hydrogens (tertiary/aromatic N) is 6. The van der Waals surface area contributed by atoms with E-state index in [9.17, 15) is 10.1 Å². The molecular formula is C11H9N7O2S. The molecule has 0 radical (unpaired) electrons. The number of nitrogen functional groups attached to an aromatic ring is 1. The van der Waals surface area contributed by atoms with E-state index in [4.69, 9.17) is 5.73 Å². The van der Waals surface area contributed by atoms with E-state index in [2.05, 4.69) is 20.1 Å². The van der Waals surface area contributed by atoms with E-state index in [1.54, 1.807) is 12.1 Å². The van der Waals surface area contributed by atoms with Crippen molar-refractivity contribution in [2.45, 2.75) is 5.16 Å². The fraction of sp³-hybridized carbons (Fsp3) is 0.0909. The van der Waals surface area contributed by atoms with Crippen LogP contribution >= 0.6 is 11.8 Å². The summed E-state index contributed by atoms with van der Waals surface area (Å²) >= 11 is 1.35. The van der Waals surface area contributed by atoms with Crippen LogP contribution in [0, 0.1) is 10.1 Å². The summed E-state index contributed by atoms with van der Waals surface area (Å²) in [5.41, 5.74) is 6.44. The van der Waals surface area contributed by atoms with Gasteiger partial charge < -0.3 is 5.73 Å². The molecule has 10 heteroatoms. The predicted molar refractivity (Wildman–Crippen MR) is 76.9 cm³/mol. The zero-order chi connectivity index (χ0) is 15.0. The second-order valence-electron chi connectivity index (χ2n) is 4.02. The maximum Gasteiger partial charge on any atom is 0.269 e. The molecule has 2 aromatic heterocycles. The van der Waals surface area contributed by atoms with Crippen LogP contribution in [0.1, 0.15) is 0 Å². The Morgan fingerprint density at radius 2 is 1.95 bits per heavy atom. The average Bonchev–Trinajstić information content (AvgIpc) is 2.91. The Bertz CT molecular complexity index is 830.